The number of carbonyl (C=O) groups excluding carboxylic acids is 1. The summed E-state index contributed by atoms with van der Waals surface area (Å²) in [7, 11) is 0. The van der Waals surface area contributed by atoms with Gasteiger partial charge in [-0.15, -0.1) is 13.2 Å². The van der Waals surface area contributed by atoms with Gasteiger partial charge in [0.15, 0.2) is 0 Å². The van der Waals surface area contributed by atoms with E-state index in [4.69, 9.17) is 4.74 Å². The van der Waals surface area contributed by atoms with Gasteiger partial charge in [-0.05, 0) is 13.3 Å². The molecule has 118 valence electrons. The van der Waals surface area contributed by atoms with Gasteiger partial charge in [0.1, 0.15) is 0 Å². The molecule has 0 aliphatic rings. The zero-order chi connectivity index (χ0) is 15.6. The minimum atomic E-state index is -0.258. The Labute approximate surface area is 126 Å². The van der Waals surface area contributed by atoms with Crippen LogP contribution in [0.2, 0.25) is 0 Å². The van der Waals surface area contributed by atoms with Crippen molar-refractivity contribution in [3.05, 3.63) is 25.3 Å². The number of rotatable bonds is 12. The molecule has 0 aliphatic heterocycles. The molecule has 0 aliphatic carbocycles. The third-order valence-corrected chi connectivity index (χ3v) is 3.08. The summed E-state index contributed by atoms with van der Waals surface area (Å²) in [4.78, 5) is 11.1. The van der Waals surface area contributed by atoms with Crippen molar-refractivity contribution in [2.24, 2.45) is 0 Å². The van der Waals surface area contributed by atoms with Gasteiger partial charge in [0.25, 0.3) is 0 Å². The van der Waals surface area contributed by atoms with E-state index < -0.39 is 0 Å². The van der Waals surface area contributed by atoms with E-state index >= 15 is 0 Å². The van der Waals surface area contributed by atoms with Gasteiger partial charge in [-0.3, -0.25) is 0 Å². The molecule has 0 radical (unpaired) electrons. The van der Waals surface area contributed by atoms with Crippen molar-refractivity contribution >= 4 is 5.97 Å². The monoisotopic (exact) mass is 282 g/mol. The van der Waals surface area contributed by atoms with E-state index in [0.29, 0.717) is 12.2 Å². The maximum absolute atomic E-state index is 11.1. The highest BCUT2D eigenvalue weighted by Crippen LogP contribution is 2.10. The maximum atomic E-state index is 11.1. The highest BCUT2D eigenvalue weighted by atomic mass is 16.5. The molecule has 2 heteroatoms. The van der Waals surface area contributed by atoms with Crippen molar-refractivity contribution in [1.29, 1.82) is 0 Å². The quantitative estimate of drug-likeness (QED) is 0.195. The fourth-order valence-electron chi connectivity index (χ4n) is 1.88. The molecule has 0 atom stereocenters. The Morgan fingerprint density at radius 2 is 1.25 bits per heavy atom. The van der Waals surface area contributed by atoms with E-state index in [0.717, 1.165) is 6.42 Å². The minimum Gasteiger partial charge on any atom is -0.462 e. The molecule has 0 saturated heterocycles. The summed E-state index contributed by atoms with van der Waals surface area (Å²) < 4.78 is 5.04. The molecule has 2 nitrogen and oxygen atoms in total. The van der Waals surface area contributed by atoms with Crippen molar-refractivity contribution in [3.63, 3.8) is 0 Å². The zero-order valence-corrected chi connectivity index (χ0v) is 13.7. The van der Waals surface area contributed by atoms with Crippen LogP contribution in [0.5, 0.6) is 0 Å². The number of esters is 1. The number of unbranched alkanes of at least 4 members (excludes halogenated alkanes) is 9. The normalized spacial score (nSPS) is 9.50. The summed E-state index contributed by atoms with van der Waals surface area (Å²) in [6, 6.07) is 0. The summed E-state index contributed by atoms with van der Waals surface area (Å²) in [5, 5.41) is 0. The van der Waals surface area contributed by atoms with Crippen molar-refractivity contribution in [1.82, 2.24) is 0 Å². The lowest BCUT2D eigenvalue weighted by Crippen LogP contribution is -2.05. The highest BCUT2D eigenvalue weighted by Gasteiger charge is 2.01. The van der Waals surface area contributed by atoms with Crippen LogP contribution in [0, 0.1) is 0 Å². The molecule has 0 bridgehead atoms. The Kier molecular flexibility index (Phi) is 19.1. The van der Waals surface area contributed by atoms with Gasteiger partial charge in [0.05, 0.1) is 6.61 Å². The molecule has 0 saturated carbocycles. The van der Waals surface area contributed by atoms with Crippen LogP contribution < -0.4 is 0 Å². The van der Waals surface area contributed by atoms with Gasteiger partial charge in [-0.1, -0.05) is 71.3 Å². The first-order chi connectivity index (χ1) is 9.68. The molecule has 0 aromatic rings. The standard InChI is InChI=1S/C16H30O2.C2H4/c1-4-5-6-7-8-9-10-11-12-13-14-18-16(17)15(2)3;1-2/h2,4-14H2,1,3H3;1-2H2. The van der Waals surface area contributed by atoms with Crippen molar-refractivity contribution in [2.45, 2.75) is 78.1 Å². The predicted octanol–water partition coefficient (Wildman–Crippen LogP) is 5.83. The second-order valence-electron chi connectivity index (χ2n) is 5.10. The summed E-state index contributed by atoms with van der Waals surface area (Å²) in [5.74, 6) is -0.258. The highest BCUT2D eigenvalue weighted by molar-refractivity contribution is 5.86. The van der Waals surface area contributed by atoms with Crippen molar-refractivity contribution in [2.75, 3.05) is 6.61 Å². The van der Waals surface area contributed by atoms with Crippen LogP contribution in [0.25, 0.3) is 0 Å². The van der Waals surface area contributed by atoms with Gasteiger partial charge in [-0.2, -0.15) is 0 Å². The zero-order valence-electron chi connectivity index (χ0n) is 13.7. The number of carbonyl (C=O) groups is 1. The lowest BCUT2D eigenvalue weighted by atomic mass is 10.1. The fraction of sp³-hybridized carbons (Fsp3) is 0.722. The number of hydrogen-bond donors (Lipinski definition) is 0. The van der Waals surface area contributed by atoms with Crippen LogP contribution in [0.3, 0.4) is 0 Å². The first-order valence-corrected chi connectivity index (χ1v) is 8.01. The van der Waals surface area contributed by atoms with E-state index in [2.05, 4.69) is 26.7 Å². The molecule has 0 aromatic carbocycles. The average molecular weight is 282 g/mol. The molecule has 0 N–H and O–H groups in total. The largest absolute Gasteiger partial charge is 0.462 e. The molecule has 0 aromatic heterocycles. The first-order valence-electron chi connectivity index (χ1n) is 8.01. The average Bonchev–Trinajstić information content (AvgIpc) is 2.46. The molecule has 0 heterocycles. The van der Waals surface area contributed by atoms with E-state index in [-0.39, 0.29) is 5.97 Å². The van der Waals surface area contributed by atoms with E-state index in [1.165, 1.54) is 57.8 Å². The number of hydrogen-bond acceptors (Lipinski definition) is 2. The van der Waals surface area contributed by atoms with Crippen LogP contribution in [-0.4, -0.2) is 12.6 Å². The first kappa shape index (κ1) is 21.3. The van der Waals surface area contributed by atoms with E-state index in [1.807, 2.05) is 0 Å². The number of ether oxygens (including phenoxy) is 1. The molecule has 0 fully saturated rings. The van der Waals surface area contributed by atoms with Gasteiger partial charge < -0.3 is 4.74 Å². The van der Waals surface area contributed by atoms with Crippen LogP contribution in [-0.2, 0) is 9.53 Å². The molecule has 0 amide bonds. The van der Waals surface area contributed by atoms with Crippen molar-refractivity contribution in [3.8, 4) is 0 Å². The molecule has 0 unspecified atom stereocenters. The topological polar surface area (TPSA) is 26.3 Å². The van der Waals surface area contributed by atoms with Crippen molar-refractivity contribution < 1.29 is 9.53 Å². The smallest absolute Gasteiger partial charge is 0.333 e. The Hall–Kier alpha value is -1.05. The summed E-state index contributed by atoms with van der Waals surface area (Å²) in [5.41, 5.74) is 0.488. The second-order valence-corrected chi connectivity index (χ2v) is 5.10. The molecular formula is C18H34O2. The van der Waals surface area contributed by atoms with Gasteiger partial charge in [-0.25, -0.2) is 4.79 Å². The molecule has 20 heavy (non-hydrogen) atoms. The second kappa shape index (κ2) is 17.9. The van der Waals surface area contributed by atoms with Crippen LogP contribution in [0.1, 0.15) is 78.1 Å². The fourth-order valence-corrected chi connectivity index (χ4v) is 1.88. The Bertz CT molecular complexity index is 234. The summed E-state index contributed by atoms with van der Waals surface area (Å²) in [6.45, 7) is 14.0. The lowest BCUT2D eigenvalue weighted by molar-refractivity contribution is -0.139. The van der Waals surface area contributed by atoms with E-state index in [1.54, 1.807) is 6.92 Å². The SMILES string of the molecule is C=C.C=C(C)C(=O)OCCCCCCCCCCCC. The van der Waals surface area contributed by atoms with Crippen LogP contribution in [0.4, 0.5) is 0 Å². The Morgan fingerprint density at radius 1 is 0.850 bits per heavy atom. The predicted molar refractivity (Wildman–Crippen MR) is 88.9 cm³/mol. The lowest BCUT2D eigenvalue weighted by Gasteiger charge is -2.04. The molecule has 0 spiro atoms. The third kappa shape index (κ3) is 16.9. The van der Waals surface area contributed by atoms with Gasteiger partial charge >= 0.3 is 5.97 Å². The molecular weight excluding hydrogens is 248 g/mol. The van der Waals surface area contributed by atoms with Crippen LogP contribution >= 0.6 is 0 Å². The van der Waals surface area contributed by atoms with Crippen LogP contribution in [0.15, 0.2) is 25.3 Å². The third-order valence-electron chi connectivity index (χ3n) is 3.08. The minimum absolute atomic E-state index is 0.258. The van der Waals surface area contributed by atoms with Gasteiger partial charge in [0.2, 0.25) is 0 Å². The van der Waals surface area contributed by atoms with E-state index in [9.17, 15) is 4.79 Å². The summed E-state index contributed by atoms with van der Waals surface area (Å²) in [6.07, 6.45) is 13.0. The van der Waals surface area contributed by atoms with Gasteiger partial charge in [0, 0.05) is 5.57 Å². The molecule has 0 rings (SSSR count). The Balaban J connectivity index is 0. The summed E-state index contributed by atoms with van der Waals surface area (Å²) >= 11 is 0. The maximum Gasteiger partial charge on any atom is 0.333 e. The Morgan fingerprint density at radius 3 is 1.65 bits per heavy atom.